The number of nitrogens with one attached hydrogen (secondary N) is 1. The molecule has 0 aromatic heterocycles. The number of ether oxygens (including phenoxy) is 2. The minimum Gasteiger partial charge on any atom is -0.493 e. The van der Waals surface area contributed by atoms with Gasteiger partial charge in [0.1, 0.15) is 5.70 Å². The molecule has 2 aromatic carbocycles. The van der Waals surface area contributed by atoms with E-state index in [4.69, 9.17) is 26.8 Å². The predicted molar refractivity (Wildman–Crippen MR) is 103 cm³/mol. The van der Waals surface area contributed by atoms with Gasteiger partial charge < -0.3 is 20.5 Å². The number of anilines is 1. The van der Waals surface area contributed by atoms with E-state index < -0.39 is 17.8 Å². The van der Waals surface area contributed by atoms with Crippen LogP contribution in [0, 0.1) is 0 Å². The number of rotatable bonds is 6. The molecule has 0 unspecified atom stereocenters. The second kappa shape index (κ2) is 8.01. The fourth-order valence-corrected chi connectivity index (χ4v) is 2.78. The van der Waals surface area contributed by atoms with Gasteiger partial charge in [-0.3, -0.25) is 9.59 Å². The molecule has 1 aliphatic rings. The van der Waals surface area contributed by atoms with Gasteiger partial charge in [-0.25, -0.2) is 9.69 Å². The summed E-state index contributed by atoms with van der Waals surface area (Å²) in [6, 6.07) is 10.7. The lowest BCUT2D eigenvalue weighted by Gasteiger charge is -2.11. The maximum Gasteiger partial charge on any atom is 0.333 e. The first kappa shape index (κ1) is 19.2. The van der Waals surface area contributed by atoms with Crippen LogP contribution in [0.25, 0.3) is 6.08 Å². The van der Waals surface area contributed by atoms with Crippen molar-refractivity contribution in [2.75, 3.05) is 18.6 Å². The quantitative estimate of drug-likeness (QED) is 0.570. The monoisotopic (exact) mass is 401 g/mol. The van der Waals surface area contributed by atoms with E-state index in [1.165, 1.54) is 19.3 Å². The fraction of sp³-hybridized carbons (Fsp3) is 0.105. The summed E-state index contributed by atoms with van der Waals surface area (Å²) >= 11 is 5.94. The van der Waals surface area contributed by atoms with E-state index in [0.29, 0.717) is 27.8 Å². The third-order valence-corrected chi connectivity index (χ3v) is 4.05. The number of nitrogens with zero attached hydrogens (tertiary/aromatic N) is 1. The molecule has 2 aromatic rings. The van der Waals surface area contributed by atoms with Crippen LogP contribution in [0.4, 0.5) is 10.5 Å². The highest BCUT2D eigenvalue weighted by Gasteiger charge is 2.34. The van der Waals surface area contributed by atoms with Crippen molar-refractivity contribution in [3.63, 3.8) is 0 Å². The summed E-state index contributed by atoms with van der Waals surface area (Å²) in [5.74, 6) is -0.459. The summed E-state index contributed by atoms with van der Waals surface area (Å²) in [5, 5.41) is 2.94. The zero-order valence-corrected chi connectivity index (χ0v) is 15.5. The molecule has 28 heavy (non-hydrogen) atoms. The third-order valence-electron chi connectivity index (χ3n) is 3.81. The van der Waals surface area contributed by atoms with Crippen molar-refractivity contribution in [2.24, 2.45) is 5.73 Å². The molecule has 3 rings (SSSR count). The summed E-state index contributed by atoms with van der Waals surface area (Å²) in [5.41, 5.74) is 6.11. The highest BCUT2D eigenvalue weighted by Crippen LogP contribution is 2.30. The number of amides is 4. The number of hydrogen-bond donors (Lipinski definition) is 2. The molecule has 0 saturated carbocycles. The van der Waals surface area contributed by atoms with Crippen molar-refractivity contribution in [3.8, 4) is 11.5 Å². The Morgan fingerprint density at radius 2 is 2.00 bits per heavy atom. The molecule has 0 spiro atoms. The summed E-state index contributed by atoms with van der Waals surface area (Å²) < 4.78 is 10.5. The smallest absolute Gasteiger partial charge is 0.333 e. The topological polar surface area (TPSA) is 111 Å². The van der Waals surface area contributed by atoms with Crippen molar-refractivity contribution in [1.82, 2.24) is 5.32 Å². The van der Waals surface area contributed by atoms with Gasteiger partial charge in [0.2, 0.25) is 0 Å². The zero-order chi connectivity index (χ0) is 20.3. The first-order chi connectivity index (χ1) is 13.4. The van der Waals surface area contributed by atoms with Crippen molar-refractivity contribution < 1.29 is 23.9 Å². The second-order valence-electron chi connectivity index (χ2n) is 5.77. The van der Waals surface area contributed by atoms with E-state index in [1.54, 1.807) is 36.4 Å². The number of methoxy groups -OCH3 is 1. The number of primary amides is 1. The molecule has 1 heterocycles. The minimum absolute atomic E-state index is 0.0952. The fourth-order valence-electron chi connectivity index (χ4n) is 2.59. The minimum atomic E-state index is -0.617. The molecule has 8 nitrogen and oxygen atoms in total. The van der Waals surface area contributed by atoms with Gasteiger partial charge in [-0.15, -0.1) is 0 Å². The van der Waals surface area contributed by atoms with Crippen molar-refractivity contribution >= 4 is 41.2 Å². The highest BCUT2D eigenvalue weighted by atomic mass is 35.5. The van der Waals surface area contributed by atoms with Gasteiger partial charge in [0.25, 0.3) is 11.8 Å². The summed E-state index contributed by atoms with van der Waals surface area (Å²) in [4.78, 5) is 36.8. The number of hydrogen-bond acceptors (Lipinski definition) is 5. The lowest BCUT2D eigenvalue weighted by atomic mass is 10.1. The lowest BCUT2D eigenvalue weighted by molar-refractivity contribution is -0.120. The largest absolute Gasteiger partial charge is 0.493 e. The Balaban J connectivity index is 1.86. The van der Waals surface area contributed by atoms with Gasteiger partial charge in [-0.05, 0) is 42.0 Å². The van der Waals surface area contributed by atoms with Gasteiger partial charge in [-0.2, -0.15) is 0 Å². The predicted octanol–water partition coefficient (Wildman–Crippen LogP) is 2.31. The Hall–Kier alpha value is -3.52. The molecular weight excluding hydrogens is 386 g/mol. The number of urea groups is 1. The van der Waals surface area contributed by atoms with Crippen LogP contribution in [0.1, 0.15) is 5.56 Å². The zero-order valence-electron chi connectivity index (χ0n) is 14.8. The van der Waals surface area contributed by atoms with Crippen LogP contribution in [-0.4, -0.2) is 31.6 Å². The molecule has 4 amide bonds. The Morgan fingerprint density at radius 1 is 1.21 bits per heavy atom. The van der Waals surface area contributed by atoms with Crippen LogP contribution < -0.4 is 25.4 Å². The maximum absolute atomic E-state index is 12.7. The van der Waals surface area contributed by atoms with Crippen molar-refractivity contribution in [3.05, 3.63) is 58.7 Å². The molecule has 0 radical (unpaired) electrons. The van der Waals surface area contributed by atoms with Crippen molar-refractivity contribution in [2.45, 2.75) is 0 Å². The molecule has 0 aliphatic carbocycles. The van der Waals surface area contributed by atoms with Gasteiger partial charge in [0.05, 0.1) is 12.8 Å². The van der Waals surface area contributed by atoms with Gasteiger partial charge in [-0.1, -0.05) is 23.7 Å². The Kier molecular flexibility index (Phi) is 5.51. The second-order valence-corrected chi connectivity index (χ2v) is 6.21. The SMILES string of the molecule is COc1cc(/C=C2/NC(=O)N(c3cccc(Cl)c3)C2=O)ccc1OCC(N)=O. The number of imide groups is 1. The number of halogens is 1. The third kappa shape index (κ3) is 4.07. The first-order valence-electron chi connectivity index (χ1n) is 8.11. The van der Waals surface area contributed by atoms with Crippen LogP contribution in [0.15, 0.2) is 48.2 Å². The molecule has 0 bridgehead atoms. The molecular formula is C19H16ClN3O5. The van der Waals surface area contributed by atoms with Crippen LogP contribution in [0.3, 0.4) is 0 Å². The Morgan fingerprint density at radius 3 is 2.68 bits per heavy atom. The van der Waals surface area contributed by atoms with E-state index in [2.05, 4.69) is 5.32 Å². The van der Waals surface area contributed by atoms with E-state index in [-0.39, 0.29) is 12.3 Å². The van der Waals surface area contributed by atoms with E-state index in [9.17, 15) is 14.4 Å². The van der Waals surface area contributed by atoms with Gasteiger partial charge in [0, 0.05) is 5.02 Å². The molecule has 1 saturated heterocycles. The van der Waals surface area contributed by atoms with Crippen molar-refractivity contribution in [1.29, 1.82) is 0 Å². The van der Waals surface area contributed by atoms with Gasteiger partial charge in [0.15, 0.2) is 18.1 Å². The van der Waals surface area contributed by atoms with Gasteiger partial charge >= 0.3 is 6.03 Å². The normalized spacial score (nSPS) is 14.9. The summed E-state index contributed by atoms with van der Waals surface area (Å²) in [6.45, 7) is -0.292. The van der Waals surface area contributed by atoms with Crippen LogP contribution >= 0.6 is 11.6 Å². The standard InChI is InChI=1S/C19H16ClN3O5/c1-27-16-8-11(5-6-15(16)28-10-17(21)24)7-14-18(25)23(19(26)22-14)13-4-2-3-12(20)9-13/h2-9H,10H2,1H3,(H2,21,24)(H,22,26)/b14-7+. The first-order valence-corrected chi connectivity index (χ1v) is 8.48. The molecule has 1 fully saturated rings. The highest BCUT2D eigenvalue weighted by molar-refractivity contribution is 6.32. The van der Waals surface area contributed by atoms with E-state index in [0.717, 1.165) is 4.90 Å². The Labute approximate surface area is 165 Å². The maximum atomic E-state index is 12.7. The molecule has 0 atom stereocenters. The molecule has 3 N–H and O–H groups in total. The summed E-state index contributed by atoms with van der Waals surface area (Å²) in [6.07, 6.45) is 1.51. The molecule has 9 heteroatoms. The number of carbonyl (C=O) groups is 3. The van der Waals surface area contributed by atoms with Crippen LogP contribution in [-0.2, 0) is 9.59 Å². The van der Waals surface area contributed by atoms with Crippen LogP contribution in [0.5, 0.6) is 11.5 Å². The number of carbonyl (C=O) groups excluding carboxylic acids is 3. The Bertz CT molecular complexity index is 989. The molecule has 144 valence electrons. The van der Waals surface area contributed by atoms with E-state index >= 15 is 0 Å². The van der Waals surface area contributed by atoms with E-state index in [1.807, 2.05) is 0 Å². The number of benzene rings is 2. The number of nitrogens with two attached hydrogens (primary N) is 1. The van der Waals surface area contributed by atoms with Crippen LogP contribution in [0.2, 0.25) is 5.02 Å². The lowest BCUT2D eigenvalue weighted by Crippen LogP contribution is -2.30. The summed E-state index contributed by atoms with van der Waals surface area (Å²) in [7, 11) is 1.44. The molecule has 1 aliphatic heterocycles. The average molecular weight is 402 g/mol. The average Bonchev–Trinajstić information content (AvgIpc) is 2.93.